The first-order valence-electron chi connectivity index (χ1n) is 12.5. The van der Waals surface area contributed by atoms with Crippen molar-refractivity contribution in [1.82, 2.24) is 29.9 Å². The highest BCUT2D eigenvalue weighted by Gasteiger charge is 2.33. The van der Waals surface area contributed by atoms with Crippen LogP contribution in [0.1, 0.15) is 76.5 Å². The van der Waals surface area contributed by atoms with Crippen molar-refractivity contribution in [2.45, 2.75) is 46.1 Å². The first-order chi connectivity index (χ1) is 18.9. The smallest absolute Gasteiger partial charge is 0.219 e. The zero-order valence-electron chi connectivity index (χ0n) is 21.8. The number of halogens is 1. The second-order valence-electron chi connectivity index (χ2n) is 9.54. The third kappa shape index (κ3) is 4.78. The summed E-state index contributed by atoms with van der Waals surface area (Å²) >= 11 is 7.84. The van der Waals surface area contributed by atoms with E-state index in [1.165, 1.54) is 0 Å². The van der Waals surface area contributed by atoms with E-state index in [1.54, 1.807) is 17.5 Å². The lowest BCUT2D eigenvalue weighted by atomic mass is 9.99. The summed E-state index contributed by atoms with van der Waals surface area (Å²) in [6.07, 6.45) is 2.14. The van der Waals surface area contributed by atoms with Crippen molar-refractivity contribution in [2.24, 2.45) is 4.99 Å². The van der Waals surface area contributed by atoms with Gasteiger partial charge in [0.2, 0.25) is 11.8 Å². The Bertz CT molecular complexity index is 1750. The number of aryl methyl sites for hydroxylation is 1. The summed E-state index contributed by atoms with van der Waals surface area (Å²) in [5.41, 5.74) is 4.52. The van der Waals surface area contributed by atoms with E-state index in [1.807, 2.05) is 63.2 Å². The first-order valence-corrected chi connectivity index (χ1v) is 13.7. The van der Waals surface area contributed by atoms with E-state index in [0.29, 0.717) is 34.7 Å². The largest absolute Gasteiger partial charge is 0.425 e. The second-order valence-corrected chi connectivity index (χ2v) is 11.0. The molecule has 0 N–H and O–H groups in total. The zero-order valence-corrected chi connectivity index (χ0v) is 23.4. The molecule has 1 aliphatic heterocycles. The molecule has 0 unspecified atom stereocenters. The van der Waals surface area contributed by atoms with Gasteiger partial charge >= 0.3 is 0 Å². The van der Waals surface area contributed by atoms with Crippen LogP contribution in [0.2, 0.25) is 5.02 Å². The Morgan fingerprint density at radius 1 is 1.03 bits per heavy atom. The van der Waals surface area contributed by atoms with Crippen LogP contribution in [0, 0.1) is 25.7 Å². The molecule has 1 atom stereocenters. The molecule has 0 amide bonds. The molecule has 5 aromatic rings. The van der Waals surface area contributed by atoms with Gasteiger partial charge < -0.3 is 4.42 Å². The van der Waals surface area contributed by atoms with Crippen molar-refractivity contribution in [2.75, 3.05) is 0 Å². The summed E-state index contributed by atoms with van der Waals surface area (Å²) in [6, 6.07) is 13.0. The molecule has 10 heteroatoms. The predicted molar refractivity (Wildman–Crippen MR) is 151 cm³/mol. The molecular weight excluding hydrogens is 530 g/mol. The van der Waals surface area contributed by atoms with Crippen molar-refractivity contribution < 1.29 is 4.42 Å². The third-order valence-corrected chi connectivity index (χ3v) is 7.88. The molecule has 8 nitrogen and oxygen atoms in total. The van der Waals surface area contributed by atoms with Gasteiger partial charge in [0.25, 0.3) is 0 Å². The maximum absolute atomic E-state index is 6.25. The standard InChI is InChI=1S/C29H24ClN7OS/c1-16(2)28-36-34-24(38-28)15-22-27-35-33-18(4)37(27)29-25(26(32-22)19-8-10-20(30)11-9-19)17(3)23(39-29)13-12-21-7-5-6-14-31-21/h5-11,14,16,22H,15H2,1-4H3/t22-/m0/s1. The average molecular weight is 554 g/mol. The van der Waals surface area contributed by atoms with Crippen molar-refractivity contribution in [3.8, 4) is 16.8 Å². The van der Waals surface area contributed by atoms with Crippen LogP contribution in [-0.2, 0) is 6.42 Å². The number of rotatable bonds is 4. The number of pyridine rings is 1. The fourth-order valence-corrected chi connectivity index (χ4v) is 5.79. The Morgan fingerprint density at radius 2 is 1.85 bits per heavy atom. The highest BCUT2D eigenvalue weighted by atomic mass is 35.5. The Balaban J connectivity index is 1.54. The molecule has 0 bridgehead atoms. The van der Waals surface area contributed by atoms with Crippen LogP contribution in [0.15, 0.2) is 58.1 Å². The lowest BCUT2D eigenvalue weighted by Crippen LogP contribution is -2.09. The fraction of sp³-hybridized carbons (Fsp3) is 0.241. The number of hydrogen-bond acceptors (Lipinski definition) is 8. The molecule has 6 rings (SSSR count). The van der Waals surface area contributed by atoms with Crippen molar-refractivity contribution in [3.63, 3.8) is 0 Å². The number of benzene rings is 1. The molecule has 4 aromatic heterocycles. The maximum Gasteiger partial charge on any atom is 0.219 e. The van der Waals surface area contributed by atoms with E-state index in [4.69, 9.17) is 21.0 Å². The van der Waals surface area contributed by atoms with Crippen LogP contribution in [0.4, 0.5) is 0 Å². The Kier molecular flexibility index (Phi) is 6.59. The first kappa shape index (κ1) is 25.2. The van der Waals surface area contributed by atoms with Crippen molar-refractivity contribution >= 4 is 28.6 Å². The molecule has 0 radical (unpaired) electrons. The number of fused-ring (bicyclic) bond motifs is 3. The maximum atomic E-state index is 6.25. The highest BCUT2D eigenvalue weighted by Crippen LogP contribution is 2.39. The number of hydrogen-bond donors (Lipinski definition) is 0. The number of nitrogens with zero attached hydrogens (tertiary/aromatic N) is 7. The summed E-state index contributed by atoms with van der Waals surface area (Å²) < 4.78 is 8.03. The van der Waals surface area contributed by atoms with Gasteiger partial charge in [-0.15, -0.1) is 31.7 Å². The summed E-state index contributed by atoms with van der Waals surface area (Å²) in [5.74, 6) is 9.27. The van der Waals surface area contributed by atoms with Crippen LogP contribution in [0.3, 0.4) is 0 Å². The molecule has 0 spiro atoms. The van der Waals surface area contributed by atoms with Crippen LogP contribution >= 0.6 is 22.9 Å². The average Bonchev–Trinajstić information content (AvgIpc) is 3.62. The van der Waals surface area contributed by atoms with Gasteiger partial charge in [0.1, 0.15) is 22.6 Å². The van der Waals surface area contributed by atoms with Gasteiger partial charge in [-0.1, -0.05) is 43.6 Å². The monoisotopic (exact) mass is 553 g/mol. The van der Waals surface area contributed by atoms with Crippen LogP contribution in [0.5, 0.6) is 0 Å². The topological polar surface area (TPSA) is 94.9 Å². The van der Waals surface area contributed by atoms with Crippen LogP contribution in [0.25, 0.3) is 5.00 Å². The number of aromatic nitrogens is 6. The lowest BCUT2D eigenvalue weighted by Gasteiger charge is -2.11. The molecule has 194 valence electrons. The number of thiophene rings is 1. The van der Waals surface area contributed by atoms with Crippen LogP contribution in [-0.4, -0.2) is 35.7 Å². The third-order valence-electron chi connectivity index (χ3n) is 6.43. The molecule has 5 heterocycles. The molecule has 0 saturated heterocycles. The number of aliphatic imine (C=N–C) groups is 1. The minimum Gasteiger partial charge on any atom is -0.425 e. The summed E-state index contributed by atoms with van der Waals surface area (Å²) in [7, 11) is 0. The Hall–Kier alpha value is -4.13. The minimum absolute atomic E-state index is 0.139. The van der Waals surface area contributed by atoms with E-state index in [2.05, 4.69) is 48.7 Å². The molecule has 1 aliphatic rings. The second kappa shape index (κ2) is 10.2. The van der Waals surface area contributed by atoms with E-state index in [9.17, 15) is 0 Å². The molecule has 39 heavy (non-hydrogen) atoms. The van der Waals surface area contributed by atoms with Gasteiger partial charge in [0, 0.05) is 28.3 Å². The Morgan fingerprint density at radius 3 is 2.56 bits per heavy atom. The normalized spacial score (nSPS) is 14.3. The lowest BCUT2D eigenvalue weighted by molar-refractivity contribution is 0.418. The summed E-state index contributed by atoms with van der Waals surface area (Å²) in [5, 5.41) is 19.1. The quantitative estimate of drug-likeness (QED) is 0.252. The van der Waals surface area contributed by atoms with E-state index < -0.39 is 0 Å². The molecule has 0 aliphatic carbocycles. The fourth-order valence-electron chi connectivity index (χ4n) is 4.45. The summed E-state index contributed by atoms with van der Waals surface area (Å²) in [6.45, 7) is 8.07. The van der Waals surface area contributed by atoms with Gasteiger partial charge in [-0.25, -0.2) is 4.98 Å². The predicted octanol–water partition coefficient (Wildman–Crippen LogP) is 6.04. The van der Waals surface area contributed by atoms with E-state index in [0.717, 1.165) is 38.1 Å². The zero-order chi connectivity index (χ0) is 27.1. The Labute approximate surface area is 234 Å². The van der Waals surface area contributed by atoms with Gasteiger partial charge in [-0.2, -0.15) is 0 Å². The molecular formula is C29H24ClN7OS. The van der Waals surface area contributed by atoms with E-state index >= 15 is 0 Å². The van der Waals surface area contributed by atoms with Crippen molar-refractivity contribution in [3.05, 3.63) is 104 Å². The van der Waals surface area contributed by atoms with Gasteiger partial charge in [0.15, 0.2) is 5.82 Å². The SMILES string of the molecule is Cc1c(C#Cc2ccccn2)sc2c1C(c1ccc(Cl)cc1)=N[C@@H](Cc1nnc(C(C)C)o1)c1nnc(C)n1-2. The van der Waals surface area contributed by atoms with Crippen molar-refractivity contribution in [1.29, 1.82) is 0 Å². The van der Waals surface area contributed by atoms with Gasteiger partial charge in [-0.05, 0) is 55.5 Å². The highest BCUT2D eigenvalue weighted by molar-refractivity contribution is 7.15. The van der Waals surface area contributed by atoms with Crippen LogP contribution < -0.4 is 0 Å². The molecule has 0 saturated carbocycles. The van der Waals surface area contributed by atoms with E-state index in [-0.39, 0.29) is 12.0 Å². The van der Waals surface area contributed by atoms with Gasteiger partial charge in [-0.3, -0.25) is 9.56 Å². The summed E-state index contributed by atoms with van der Waals surface area (Å²) in [4.78, 5) is 10.6. The van der Waals surface area contributed by atoms with Gasteiger partial charge in [0.05, 0.1) is 17.0 Å². The molecule has 1 aromatic carbocycles. The molecule has 0 fully saturated rings. The minimum atomic E-state index is -0.389.